The SMILES string of the molecule is Cc1ccc(CN2CCCCC2)c(C(=O)O)c1. The Morgan fingerprint density at radius 3 is 2.65 bits per heavy atom. The summed E-state index contributed by atoms with van der Waals surface area (Å²) in [6.45, 7) is 4.87. The molecule has 0 saturated carbocycles. The maximum atomic E-state index is 11.2. The number of aryl methyl sites for hydroxylation is 1. The number of aromatic carboxylic acids is 1. The van der Waals surface area contributed by atoms with Gasteiger partial charge in [-0.3, -0.25) is 4.90 Å². The quantitative estimate of drug-likeness (QED) is 0.872. The smallest absolute Gasteiger partial charge is 0.336 e. The highest BCUT2D eigenvalue weighted by atomic mass is 16.4. The minimum Gasteiger partial charge on any atom is -0.478 e. The van der Waals surface area contributed by atoms with Crippen LogP contribution in [-0.2, 0) is 6.54 Å². The van der Waals surface area contributed by atoms with Gasteiger partial charge in [-0.25, -0.2) is 4.79 Å². The largest absolute Gasteiger partial charge is 0.478 e. The van der Waals surface area contributed by atoms with E-state index in [1.807, 2.05) is 19.1 Å². The summed E-state index contributed by atoms with van der Waals surface area (Å²) in [5.41, 5.74) is 2.39. The van der Waals surface area contributed by atoms with Crippen LogP contribution in [0.4, 0.5) is 0 Å². The van der Waals surface area contributed by atoms with Gasteiger partial charge in [0.2, 0.25) is 0 Å². The van der Waals surface area contributed by atoms with Crippen LogP contribution < -0.4 is 0 Å². The summed E-state index contributed by atoms with van der Waals surface area (Å²) >= 11 is 0. The highest BCUT2D eigenvalue weighted by molar-refractivity contribution is 5.89. The first-order valence-electron chi connectivity index (χ1n) is 6.22. The molecule has 0 bridgehead atoms. The van der Waals surface area contributed by atoms with Crippen LogP contribution in [0.2, 0.25) is 0 Å². The van der Waals surface area contributed by atoms with Crippen LogP contribution in [0, 0.1) is 6.92 Å². The van der Waals surface area contributed by atoms with Crippen LogP contribution in [0.1, 0.15) is 40.7 Å². The summed E-state index contributed by atoms with van der Waals surface area (Å²) in [7, 11) is 0. The molecule has 0 aromatic heterocycles. The molecule has 0 radical (unpaired) electrons. The molecule has 1 aromatic rings. The second-order valence-corrected chi connectivity index (χ2v) is 4.80. The van der Waals surface area contributed by atoms with E-state index in [1.54, 1.807) is 6.07 Å². The molecular weight excluding hydrogens is 214 g/mol. The zero-order valence-electron chi connectivity index (χ0n) is 10.3. The number of carboxylic acids is 1. The lowest BCUT2D eigenvalue weighted by Crippen LogP contribution is -2.29. The van der Waals surface area contributed by atoms with Crippen LogP contribution in [0.25, 0.3) is 0 Å². The van der Waals surface area contributed by atoms with Crippen LogP contribution in [0.5, 0.6) is 0 Å². The number of carboxylic acid groups (broad SMARTS) is 1. The van der Waals surface area contributed by atoms with Gasteiger partial charge in [-0.2, -0.15) is 0 Å². The van der Waals surface area contributed by atoms with Crippen molar-refractivity contribution in [3.8, 4) is 0 Å². The molecule has 1 fully saturated rings. The number of rotatable bonds is 3. The molecule has 1 aliphatic heterocycles. The van der Waals surface area contributed by atoms with E-state index in [9.17, 15) is 9.90 Å². The van der Waals surface area contributed by atoms with Crippen LogP contribution in [-0.4, -0.2) is 29.1 Å². The summed E-state index contributed by atoms with van der Waals surface area (Å²) in [6.07, 6.45) is 3.76. The Kier molecular flexibility index (Phi) is 3.79. The summed E-state index contributed by atoms with van der Waals surface area (Å²) in [4.78, 5) is 13.5. The number of carbonyl (C=O) groups is 1. The molecule has 0 amide bonds. The lowest BCUT2D eigenvalue weighted by Gasteiger charge is -2.27. The van der Waals surface area contributed by atoms with Crippen LogP contribution in [0.3, 0.4) is 0 Å². The van der Waals surface area contributed by atoms with Crippen molar-refractivity contribution in [3.05, 3.63) is 34.9 Å². The van der Waals surface area contributed by atoms with E-state index in [0.717, 1.165) is 30.8 Å². The van der Waals surface area contributed by atoms with Crippen molar-refractivity contribution >= 4 is 5.97 Å². The van der Waals surface area contributed by atoms with E-state index in [-0.39, 0.29) is 0 Å². The maximum absolute atomic E-state index is 11.2. The zero-order chi connectivity index (χ0) is 12.3. The van der Waals surface area contributed by atoms with Crippen molar-refractivity contribution in [2.24, 2.45) is 0 Å². The number of nitrogens with zero attached hydrogens (tertiary/aromatic N) is 1. The third-order valence-electron chi connectivity index (χ3n) is 3.34. The molecular formula is C14H19NO2. The number of hydrogen-bond acceptors (Lipinski definition) is 2. The van der Waals surface area contributed by atoms with Gasteiger partial charge in [0, 0.05) is 6.54 Å². The second kappa shape index (κ2) is 5.32. The summed E-state index contributed by atoms with van der Waals surface area (Å²) in [6, 6.07) is 5.71. The Morgan fingerprint density at radius 1 is 1.29 bits per heavy atom. The molecule has 17 heavy (non-hydrogen) atoms. The van der Waals surface area contributed by atoms with Gasteiger partial charge in [-0.15, -0.1) is 0 Å². The molecule has 0 aliphatic carbocycles. The van der Waals surface area contributed by atoms with Crippen molar-refractivity contribution in [2.45, 2.75) is 32.7 Å². The molecule has 1 aliphatic rings. The first-order valence-corrected chi connectivity index (χ1v) is 6.22. The molecule has 1 heterocycles. The normalized spacial score (nSPS) is 17.0. The third-order valence-corrected chi connectivity index (χ3v) is 3.34. The Balaban J connectivity index is 2.16. The van der Waals surface area contributed by atoms with E-state index >= 15 is 0 Å². The van der Waals surface area contributed by atoms with Gasteiger partial charge < -0.3 is 5.11 Å². The molecule has 3 heteroatoms. The predicted molar refractivity (Wildman–Crippen MR) is 67.3 cm³/mol. The molecule has 1 saturated heterocycles. The average molecular weight is 233 g/mol. The first kappa shape index (κ1) is 12.1. The maximum Gasteiger partial charge on any atom is 0.336 e. The highest BCUT2D eigenvalue weighted by Gasteiger charge is 2.15. The van der Waals surface area contributed by atoms with Crippen LogP contribution >= 0.6 is 0 Å². The van der Waals surface area contributed by atoms with Gasteiger partial charge in [0.05, 0.1) is 5.56 Å². The minimum absolute atomic E-state index is 0.454. The Bertz CT molecular complexity index is 409. The Morgan fingerprint density at radius 2 is 2.00 bits per heavy atom. The van der Waals surface area contributed by atoms with Gasteiger partial charge in [-0.1, -0.05) is 24.1 Å². The van der Waals surface area contributed by atoms with Crippen molar-refractivity contribution in [3.63, 3.8) is 0 Å². The van der Waals surface area contributed by atoms with Gasteiger partial charge in [0.25, 0.3) is 0 Å². The van der Waals surface area contributed by atoms with Crippen LogP contribution in [0.15, 0.2) is 18.2 Å². The van der Waals surface area contributed by atoms with Crippen molar-refractivity contribution in [1.82, 2.24) is 4.90 Å². The second-order valence-electron chi connectivity index (χ2n) is 4.80. The number of hydrogen-bond donors (Lipinski definition) is 1. The third kappa shape index (κ3) is 3.07. The molecule has 1 N–H and O–H groups in total. The Labute approximate surface area is 102 Å². The fraction of sp³-hybridized carbons (Fsp3) is 0.500. The molecule has 0 atom stereocenters. The molecule has 0 spiro atoms. The monoisotopic (exact) mass is 233 g/mol. The number of benzene rings is 1. The van der Waals surface area contributed by atoms with E-state index in [4.69, 9.17) is 0 Å². The molecule has 92 valence electrons. The average Bonchev–Trinajstić information content (AvgIpc) is 2.32. The zero-order valence-corrected chi connectivity index (χ0v) is 10.3. The van der Waals surface area contributed by atoms with Gasteiger partial charge in [-0.05, 0) is 44.5 Å². The van der Waals surface area contributed by atoms with Crippen molar-refractivity contribution in [1.29, 1.82) is 0 Å². The number of likely N-dealkylation sites (tertiary alicyclic amines) is 1. The molecule has 1 aromatic carbocycles. The highest BCUT2D eigenvalue weighted by Crippen LogP contribution is 2.17. The minimum atomic E-state index is -0.819. The fourth-order valence-corrected chi connectivity index (χ4v) is 2.39. The van der Waals surface area contributed by atoms with Crippen molar-refractivity contribution in [2.75, 3.05) is 13.1 Å². The summed E-state index contributed by atoms with van der Waals surface area (Å²) in [5.74, 6) is -0.819. The number of piperidine rings is 1. The Hall–Kier alpha value is -1.35. The lowest BCUT2D eigenvalue weighted by molar-refractivity contribution is 0.0694. The van der Waals surface area contributed by atoms with E-state index < -0.39 is 5.97 Å². The fourth-order valence-electron chi connectivity index (χ4n) is 2.39. The topological polar surface area (TPSA) is 40.5 Å². The molecule has 3 nitrogen and oxygen atoms in total. The van der Waals surface area contributed by atoms with E-state index in [2.05, 4.69) is 4.90 Å². The van der Waals surface area contributed by atoms with Gasteiger partial charge >= 0.3 is 5.97 Å². The lowest BCUT2D eigenvalue weighted by atomic mass is 10.0. The first-order chi connectivity index (χ1) is 8.16. The summed E-state index contributed by atoms with van der Waals surface area (Å²) in [5, 5.41) is 9.20. The molecule has 0 unspecified atom stereocenters. The standard InChI is InChI=1S/C14H19NO2/c1-11-5-6-12(13(9-11)14(16)17)10-15-7-3-2-4-8-15/h5-6,9H,2-4,7-8,10H2,1H3,(H,16,17). The summed E-state index contributed by atoms with van der Waals surface area (Å²) < 4.78 is 0. The van der Waals surface area contributed by atoms with E-state index in [0.29, 0.717) is 5.56 Å². The molecule has 2 rings (SSSR count). The predicted octanol–water partition coefficient (Wildman–Crippen LogP) is 2.68. The van der Waals surface area contributed by atoms with Crippen molar-refractivity contribution < 1.29 is 9.90 Å². The van der Waals surface area contributed by atoms with Gasteiger partial charge in [0.15, 0.2) is 0 Å². The van der Waals surface area contributed by atoms with Gasteiger partial charge in [0.1, 0.15) is 0 Å². The van der Waals surface area contributed by atoms with E-state index in [1.165, 1.54) is 19.3 Å².